The fourth-order valence-electron chi connectivity index (χ4n) is 1.54. The van der Waals surface area contributed by atoms with Crippen molar-refractivity contribution in [3.05, 3.63) is 18.0 Å². The molecular weight excluding hydrogens is 190 g/mol. The molecule has 0 spiro atoms. The number of aryl methyl sites for hydroxylation is 2. The number of aliphatic hydroxyl groups excluding tert-OH is 1. The van der Waals surface area contributed by atoms with Crippen LogP contribution < -0.4 is 5.73 Å². The first kappa shape index (κ1) is 12.2. The van der Waals surface area contributed by atoms with Crippen molar-refractivity contribution >= 4 is 0 Å². The summed E-state index contributed by atoms with van der Waals surface area (Å²) in [6, 6.07) is 2.00. The van der Waals surface area contributed by atoms with Gasteiger partial charge in [-0.2, -0.15) is 5.10 Å². The van der Waals surface area contributed by atoms with Crippen molar-refractivity contribution in [1.82, 2.24) is 9.78 Å². The maximum Gasteiger partial charge on any atom is 0.0577 e. The minimum atomic E-state index is -0.379. The highest BCUT2D eigenvalue weighted by molar-refractivity contribution is 5.01. The lowest BCUT2D eigenvalue weighted by molar-refractivity contribution is 0.0520. The molecule has 3 N–H and O–H groups in total. The van der Waals surface area contributed by atoms with Crippen molar-refractivity contribution in [1.29, 1.82) is 0 Å². The molecule has 0 amide bonds. The van der Waals surface area contributed by atoms with Gasteiger partial charge in [-0.25, -0.2) is 0 Å². The summed E-state index contributed by atoms with van der Waals surface area (Å²) in [5.41, 5.74) is 6.68. The highest BCUT2D eigenvalue weighted by Crippen LogP contribution is 2.26. The predicted molar refractivity (Wildman–Crippen MR) is 60.4 cm³/mol. The Morgan fingerprint density at radius 2 is 2.33 bits per heavy atom. The number of rotatable bonds is 5. The van der Waals surface area contributed by atoms with Crippen LogP contribution in [0.3, 0.4) is 0 Å². The highest BCUT2D eigenvalue weighted by Gasteiger charge is 2.28. The number of aromatic nitrogens is 2. The van der Waals surface area contributed by atoms with Gasteiger partial charge in [-0.15, -0.1) is 0 Å². The summed E-state index contributed by atoms with van der Waals surface area (Å²) in [6.07, 6.45) is 3.18. The van der Waals surface area contributed by atoms with Crippen LogP contribution in [0.5, 0.6) is 0 Å². The monoisotopic (exact) mass is 211 g/mol. The average molecular weight is 211 g/mol. The maximum atomic E-state index is 9.67. The Kier molecular flexibility index (Phi) is 3.88. The van der Waals surface area contributed by atoms with E-state index in [-0.39, 0.29) is 11.5 Å². The number of nitrogens with two attached hydrogens (primary N) is 1. The van der Waals surface area contributed by atoms with Crippen LogP contribution >= 0.6 is 0 Å². The van der Waals surface area contributed by atoms with Crippen LogP contribution in [0.2, 0.25) is 0 Å². The molecule has 0 saturated carbocycles. The van der Waals surface area contributed by atoms with Gasteiger partial charge >= 0.3 is 0 Å². The molecule has 0 aliphatic carbocycles. The van der Waals surface area contributed by atoms with E-state index in [1.165, 1.54) is 5.69 Å². The second kappa shape index (κ2) is 4.77. The van der Waals surface area contributed by atoms with Gasteiger partial charge in [0.1, 0.15) is 0 Å². The minimum Gasteiger partial charge on any atom is -0.393 e. The van der Waals surface area contributed by atoms with Crippen LogP contribution in [0.25, 0.3) is 0 Å². The Bertz CT molecular complexity index is 309. The van der Waals surface area contributed by atoms with Gasteiger partial charge in [0.15, 0.2) is 0 Å². The molecule has 15 heavy (non-hydrogen) atoms. The normalized spacial score (nSPS) is 17.4. The summed E-state index contributed by atoms with van der Waals surface area (Å²) in [5, 5.41) is 13.8. The third-order valence-corrected chi connectivity index (χ3v) is 3.35. The second-order valence-corrected chi connectivity index (χ2v) is 4.48. The first-order valence-corrected chi connectivity index (χ1v) is 5.34. The van der Waals surface area contributed by atoms with E-state index in [1.807, 2.05) is 24.7 Å². The Hall–Kier alpha value is -0.870. The molecule has 1 aromatic rings. The largest absolute Gasteiger partial charge is 0.393 e. The molecule has 0 aliphatic rings. The molecule has 1 rings (SSSR count). The molecule has 2 unspecified atom stereocenters. The zero-order valence-electron chi connectivity index (χ0n) is 9.77. The van der Waals surface area contributed by atoms with Gasteiger partial charge in [0, 0.05) is 30.9 Å². The summed E-state index contributed by atoms with van der Waals surface area (Å²) in [7, 11) is 1.93. The van der Waals surface area contributed by atoms with E-state index in [9.17, 15) is 5.11 Å². The molecule has 0 aliphatic heterocycles. The van der Waals surface area contributed by atoms with Crippen LogP contribution in [0, 0.1) is 5.41 Å². The molecular formula is C11H21N3O. The lowest BCUT2D eigenvalue weighted by atomic mass is 9.80. The second-order valence-electron chi connectivity index (χ2n) is 4.48. The van der Waals surface area contributed by atoms with Gasteiger partial charge in [0.25, 0.3) is 0 Å². The summed E-state index contributed by atoms with van der Waals surface area (Å²) < 4.78 is 1.86. The zero-order valence-corrected chi connectivity index (χ0v) is 9.77. The minimum absolute atomic E-state index is 0.204. The van der Waals surface area contributed by atoms with Crippen LogP contribution in [0.15, 0.2) is 12.3 Å². The van der Waals surface area contributed by atoms with Gasteiger partial charge in [0.05, 0.1) is 6.10 Å². The van der Waals surface area contributed by atoms with E-state index >= 15 is 0 Å². The fourth-order valence-corrected chi connectivity index (χ4v) is 1.54. The van der Waals surface area contributed by atoms with Gasteiger partial charge in [-0.3, -0.25) is 4.68 Å². The van der Waals surface area contributed by atoms with E-state index in [1.54, 1.807) is 13.1 Å². The van der Waals surface area contributed by atoms with Crippen molar-refractivity contribution in [3.8, 4) is 0 Å². The molecule has 86 valence electrons. The number of nitrogens with zero attached hydrogens (tertiary/aromatic N) is 2. The molecule has 2 atom stereocenters. The van der Waals surface area contributed by atoms with Gasteiger partial charge in [-0.05, 0) is 25.8 Å². The Morgan fingerprint density at radius 1 is 1.67 bits per heavy atom. The predicted octanol–water partition coefficient (Wildman–Crippen LogP) is 0.698. The maximum absolute atomic E-state index is 9.67. The van der Waals surface area contributed by atoms with Gasteiger partial charge in [-0.1, -0.05) is 6.92 Å². The molecule has 4 heteroatoms. The van der Waals surface area contributed by atoms with Crippen LogP contribution in [-0.4, -0.2) is 27.5 Å². The first-order chi connectivity index (χ1) is 6.99. The van der Waals surface area contributed by atoms with Crippen molar-refractivity contribution in [2.45, 2.75) is 32.8 Å². The summed E-state index contributed by atoms with van der Waals surface area (Å²) in [4.78, 5) is 0. The van der Waals surface area contributed by atoms with E-state index < -0.39 is 0 Å². The van der Waals surface area contributed by atoms with E-state index in [0.29, 0.717) is 6.54 Å². The fraction of sp³-hybridized carbons (Fsp3) is 0.727. The standard InChI is InChI=1S/C11H21N3O/c1-9(15)11(2,8-12)6-4-10-5-7-13-14(10)3/h5,7,9,15H,4,6,8,12H2,1-3H3. The summed E-state index contributed by atoms with van der Waals surface area (Å²) in [5.74, 6) is 0. The van der Waals surface area contributed by atoms with Crippen molar-refractivity contribution in [2.24, 2.45) is 18.2 Å². The third kappa shape index (κ3) is 2.79. The molecule has 1 heterocycles. The van der Waals surface area contributed by atoms with Crippen LogP contribution in [0.4, 0.5) is 0 Å². The molecule has 0 radical (unpaired) electrons. The van der Waals surface area contributed by atoms with Crippen molar-refractivity contribution < 1.29 is 5.11 Å². The molecule has 0 bridgehead atoms. The molecule has 0 fully saturated rings. The SMILES string of the molecule is CC(O)C(C)(CN)CCc1ccnn1C. The van der Waals surface area contributed by atoms with E-state index in [2.05, 4.69) is 5.10 Å². The van der Waals surface area contributed by atoms with Crippen LogP contribution in [-0.2, 0) is 13.5 Å². The Morgan fingerprint density at radius 3 is 2.73 bits per heavy atom. The van der Waals surface area contributed by atoms with E-state index in [0.717, 1.165) is 12.8 Å². The first-order valence-electron chi connectivity index (χ1n) is 5.34. The van der Waals surface area contributed by atoms with Crippen LogP contribution in [0.1, 0.15) is 26.0 Å². The van der Waals surface area contributed by atoms with E-state index in [4.69, 9.17) is 5.73 Å². The summed E-state index contributed by atoms with van der Waals surface area (Å²) >= 11 is 0. The quantitative estimate of drug-likeness (QED) is 0.753. The Balaban J connectivity index is 2.59. The molecule has 1 aromatic heterocycles. The number of aliphatic hydroxyl groups is 1. The molecule has 0 aromatic carbocycles. The third-order valence-electron chi connectivity index (χ3n) is 3.35. The molecule has 4 nitrogen and oxygen atoms in total. The Labute approximate surface area is 91.1 Å². The smallest absolute Gasteiger partial charge is 0.0577 e. The van der Waals surface area contributed by atoms with Crippen molar-refractivity contribution in [3.63, 3.8) is 0 Å². The van der Waals surface area contributed by atoms with Gasteiger partial charge < -0.3 is 10.8 Å². The zero-order chi connectivity index (χ0) is 11.5. The lowest BCUT2D eigenvalue weighted by Crippen LogP contribution is -2.38. The highest BCUT2D eigenvalue weighted by atomic mass is 16.3. The number of hydrogen-bond donors (Lipinski definition) is 2. The number of hydrogen-bond acceptors (Lipinski definition) is 3. The average Bonchev–Trinajstić information content (AvgIpc) is 2.60. The van der Waals surface area contributed by atoms with Crippen molar-refractivity contribution in [2.75, 3.05) is 6.54 Å². The van der Waals surface area contributed by atoms with Gasteiger partial charge in [0.2, 0.25) is 0 Å². The summed E-state index contributed by atoms with van der Waals surface area (Å²) in [6.45, 7) is 4.33. The lowest BCUT2D eigenvalue weighted by Gasteiger charge is -2.31. The topological polar surface area (TPSA) is 64.1 Å². The molecule has 0 saturated heterocycles.